The van der Waals surface area contributed by atoms with Crippen LogP contribution in [0.1, 0.15) is 36.9 Å². The summed E-state index contributed by atoms with van der Waals surface area (Å²) in [5, 5.41) is 0.922. The molecule has 188 valence electrons. The number of rotatable bonds is 6. The van der Waals surface area contributed by atoms with Crippen molar-refractivity contribution in [2.24, 2.45) is 4.99 Å². The van der Waals surface area contributed by atoms with E-state index in [4.69, 9.17) is 9.15 Å². The van der Waals surface area contributed by atoms with Gasteiger partial charge in [0, 0.05) is 17.8 Å². The van der Waals surface area contributed by atoms with Crippen molar-refractivity contribution in [3.63, 3.8) is 0 Å². The molecule has 0 bridgehead atoms. The number of nitrogens with zero attached hydrogens (tertiary/aromatic N) is 3. The van der Waals surface area contributed by atoms with E-state index in [2.05, 4.69) is 15.0 Å². The van der Waals surface area contributed by atoms with Gasteiger partial charge in [0.15, 0.2) is 15.1 Å². The molecule has 11 heteroatoms. The van der Waals surface area contributed by atoms with Gasteiger partial charge in [0.2, 0.25) is 0 Å². The predicted octanol–water partition coefficient (Wildman–Crippen LogP) is 2.93. The van der Waals surface area contributed by atoms with E-state index in [1.165, 1.54) is 33.7 Å². The fourth-order valence-electron chi connectivity index (χ4n) is 4.03. The van der Waals surface area contributed by atoms with Crippen LogP contribution in [0.15, 0.2) is 89.0 Å². The van der Waals surface area contributed by atoms with E-state index in [1.54, 1.807) is 39.0 Å². The molecule has 5 rings (SSSR count). The number of esters is 1. The van der Waals surface area contributed by atoms with Crippen LogP contribution in [0.4, 0.5) is 0 Å². The monoisotopic (exact) mass is 534 g/mol. The zero-order valence-electron chi connectivity index (χ0n) is 20.2. The smallest absolute Gasteiger partial charge is 0.338 e. The van der Waals surface area contributed by atoms with Crippen molar-refractivity contribution in [2.45, 2.75) is 37.1 Å². The second-order valence-corrected chi connectivity index (χ2v) is 10.2. The third-order valence-corrected chi connectivity index (χ3v) is 7.34. The number of benzene rings is 1. The minimum absolute atomic E-state index is 0.215. The average Bonchev–Trinajstić information content (AvgIpc) is 3.41. The second kappa shape index (κ2) is 10.2. The Hall–Kier alpha value is -3.96. The molecule has 9 nitrogen and oxygen atoms in total. The maximum Gasteiger partial charge on any atom is 0.338 e. The topological polar surface area (TPSA) is 120 Å². The van der Waals surface area contributed by atoms with Crippen molar-refractivity contribution in [3.05, 3.63) is 107 Å². The zero-order valence-corrected chi connectivity index (χ0v) is 21.8. The first-order valence-corrected chi connectivity index (χ1v) is 13.1. The number of carbonyl (C=O) groups is 1. The van der Waals surface area contributed by atoms with E-state index in [9.17, 15) is 14.4 Å². The van der Waals surface area contributed by atoms with Crippen LogP contribution in [0.5, 0.6) is 0 Å². The van der Waals surface area contributed by atoms with Gasteiger partial charge in [-0.15, -0.1) is 0 Å². The predicted molar refractivity (Wildman–Crippen MR) is 139 cm³/mol. The number of fused-ring (bicyclic) bond motifs is 1. The average molecular weight is 535 g/mol. The summed E-state index contributed by atoms with van der Waals surface area (Å²) in [6.45, 7) is 5.44. The summed E-state index contributed by atoms with van der Waals surface area (Å²) >= 11 is 2.39. The lowest BCUT2D eigenvalue weighted by Gasteiger charge is -2.24. The highest BCUT2D eigenvalue weighted by Gasteiger charge is 2.33. The molecule has 1 aromatic carbocycles. The van der Waals surface area contributed by atoms with Gasteiger partial charge in [-0.05, 0) is 50.2 Å². The van der Waals surface area contributed by atoms with E-state index in [-0.39, 0.29) is 17.7 Å². The number of nitrogens with one attached hydrogen (secondary N) is 1. The number of carbonyl (C=O) groups excluding carboxylic acids is 1. The molecule has 4 heterocycles. The highest BCUT2D eigenvalue weighted by molar-refractivity contribution is 7.99. The van der Waals surface area contributed by atoms with Crippen LogP contribution in [-0.4, -0.2) is 27.1 Å². The molecule has 0 aliphatic carbocycles. The first-order valence-electron chi connectivity index (χ1n) is 11.4. The van der Waals surface area contributed by atoms with Crippen LogP contribution in [0, 0.1) is 6.92 Å². The summed E-state index contributed by atoms with van der Waals surface area (Å²) in [7, 11) is 0. The van der Waals surface area contributed by atoms with Gasteiger partial charge in [-0.2, -0.15) is 0 Å². The number of thiazole rings is 1. The Kier molecular flexibility index (Phi) is 6.81. The summed E-state index contributed by atoms with van der Waals surface area (Å²) in [6.07, 6.45) is 1.64. The Morgan fingerprint density at radius 1 is 1.22 bits per heavy atom. The molecule has 0 fully saturated rings. The fraction of sp³-hybridized carbons (Fsp3) is 0.192. The Morgan fingerprint density at radius 3 is 2.73 bits per heavy atom. The number of H-pyrrole nitrogens is 1. The van der Waals surface area contributed by atoms with Crippen molar-refractivity contribution >= 4 is 35.1 Å². The van der Waals surface area contributed by atoms with Gasteiger partial charge in [0.1, 0.15) is 5.76 Å². The van der Waals surface area contributed by atoms with Gasteiger partial charge in [0.25, 0.3) is 11.1 Å². The Labute approximate surface area is 218 Å². The number of ether oxygens (including phenoxy) is 1. The highest BCUT2D eigenvalue weighted by atomic mass is 32.2. The molecule has 1 aliphatic rings. The van der Waals surface area contributed by atoms with Gasteiger partial charge in [-0.25, -0.2) is 14.8 Å². The molecule has 3 aromatic heterocycles. The molecule has 0 saturated heterocycles. The van der Waals surface area contributed by atoms with E-state index in [0.29, 0.717) is 42.3 Å². The molecular formula is C26H22N4O5S2. The molecule has 0 radical (unpaired) electrons. The van der Waals surface area contributed by atoms with E-state index in [1.807, 2.05) is 30.3 Å². The van der Waals surface area contributed by atoms with Gasteiger partial charge in [-0.3, -0.25) is 14.2 Å². The zero-order chi connectivity index (χ0) is 26.1. The summed E-state index contributed by atoms with van der Waals surface area (Å²) < 4.78 is 13.1. The maximum absolute atomic E-state index is 13.6. The van der Waals surface area contributed by atoms with Crippen LogP contribution in [-0.2, 0) is 9.53 Å². The molecule has 0 amide bonds. The lowest BCUT2D eigenvalue weighted by atomic mass is 9.96. The second-order valence-electron chi connectivity index (χ2n) is 8.16. The third kappa shape index (κ3) is 5.00. The van der Waals surface area contributed by atoms with Crippen molar-refractivity contribution < 1.29 is 13.9 Å². The molecule has 0 spiro atoms. The van der Waals surface area contributed by atoms with Crippen molar-refractivity contribution in [1.82, 2.24) is 14.5 Å². The van der Waals surface area contributed by atoms with Crippen LogP contribution >= 0.6 is 23.1 Å². The standard InChI is InChI=1S/C26H22N4O5S2/c1-4-34-24(33)21-15(3)28-26-30(22(21)16-8-6-5-7-9-16)23(32)18(36-26)13-17-10-11-20(35-17)37-25-27-14(2)12-19(31)29-25/h5-13,22H,4H2,1-3H3,(H,27,29,31)/b18-13+/t22-/m0/s1. The number of allylic oxidation sites excluding steroid dienone is 1. The third-order valence-electron chi connectivity index (χ3n) is 5.55. The van der Waals surface area contributed by atoms with Crippen molar-refractivity contribution in [2.75, 3.05) is 6.61 Å². The molecule has 1 aliphatic heterocycles. The number of hydrogen-bond acceptors (Lipinski definition) is 9. The van der Waals surface area contributed by atoms with Crippen LogP contribution < -0.4 is 20.5 Å². The van der Waals surface area contributed by atoms with E-state index < -0.39 is 12.0 Å². The first kappa shape index (κ1) is 24.7. The fourth-order valence-corrected chi connectivity index (χ4v) is 5.87. The number of hydrogen-bond donors (Lipinski definition) is 1. The summed E-state index contributed by atoms with van der Waals surface area (Å²) in [6, 6.07) is 13.6. The normalized spacial score (nSPS) is 15.4. The number of furan rings is 1. The minimum atomic E-state index is -0.661. The Bertz CT molecular complexity index is 1760. The molecule has 1 atom stereocenters. The highest BCUT2D eigenvalue weighted by Crippen LogP contribution is 2.30. The Morgan fingerprint density at radius 2 is 2.00 bits per heavy atom. The van der Waals surface area contributed by atoms with Crippen molar-refractivity contribution in [3.8, 4) is 0 Å². The van der Waals surface area contributed by atoms with Crippen LogP contribution in [0.3, 0.4) is 0 Å². The largest absolute Gasteiger partial charge is 0.463 e. The summed E-state index contributed by atoms with van der Waals surface area (Å²) in [5.41, 5.74) is 1.70. The summed E-state index contributed by atoms with van der Waals surface area (Å²) in [4.78, 5) is 50.2. The van der Waals surface area contributed by atoms with Crippen LogP contribution in [0.25, 0.3) is 6.08 Å². The lowest BCUT2D eigenvalue weighted by Crippen LogP contribution is -2.39. The van der Waals surface area contributed by atoms with Gasteiger partial charge in [-0.1, -0.05) is 41.7 Å². The van der Waals surface area contributed by atoms with E-state index >= 15 is 0 Å². The van der Waals surface area contributed by atoms with Gasteiger partial charge < -0.3 is 14.1 Å². The molecule has 1 N–H and O–H groups in total. The van der Waals surface area contributed by atoms with Gasteiger partial charge >= 0.3 is 5.97 Å². The lowest BCUT2D eigenvalue weighted by molar-refractivity contribution is -0.139. The number of aryl methyl sites for hydroxylation is 1. The van der Waals surface area contributed by atoms with Gasteiger partial charge in [0.05, 0.1) is 28.5 Å². The Balaban J connectivity index is 1.56. The van der Waals surface area contributed by atoms with Crippen LogP contribution in [0.2, 0.25) is 0 Å². The molecule has 0 unspecified atom stereocenters. The quantitative estimate of drug-likeness (QED) is 0.298. The molecule has 0 saturated carbocycles. The summed E-state index contributed by atoms with van der Waals surface area (Å²) in [5.74, 6) is -0.0391. The molecular weight excluding hydrogens is 512 g/mol. The first-order chi connectivity index (χ1) is 17.8. The number of aromatic amines is 1. The number of aromatic nitrogens is 3. The van der Waals surface area contributed by atoms with Crippen molar-refractivity contribution in [1.29, 1.82) is 0 Å². The van der Waals surface area contributed by atoms with E-state index in [0.717, 1.165) is 5.56 Å². The minimum Gasteiger partial charge on any atom is -0.463 e. The molecule has 4 aromatic rings. The molecule has 37 heavy (non-hydrogen) atoms. The maximum atomic E-state index is 13.6. The SMILES string of the molecule is CCOC(=O)C1=C(C)N=c2s/c(=C/c3ccc(Sc4nc(C)cc(=O)[nH]4)o3)c(=O)n2[C@H]1c1ccccc1.